The van der Waals surface area contributed by atoms with Gasteiger partial charge in [0.15, 0.2) is 11.5 Å². The van der Waals surface area contributed by atoms with Crippen molar-refractivity contribution in [2.24, 2.45) is 0 Å². The molecule has 0 amide bonds. The predicted octanol–water partition coefficient (Wildman–Crippen LogP) is 0.735. The van der Waals surface area contributed by atoms with Gasteiger partial charge >= 0.3 is 0 Å². The van der Waals surface area contributed by atoms with Gasteiger partial charge in [0, 0.05) is 38.6 Å². The largest absolute Gasteiger partial charge is 0.352 e. The zero-order valence-electron chi connectivity index (χ0n) is 9.76. The van der Waals surface area contributed by atoms with Crippen molar-refractivity contribution in [2.75, 3.05) is 37.6 Å². The van der Waals surface area contributed by atoms with Crippen LogP contribution < -0.4 is 4.90 Å². The van der Waals surface area contributed by atoms with Gasteiger partial charge < -0.3 is 4.90 Å². The molecule has 0 unspecified atom stereocenters. The molecule has 1 aliphatic heterocycles. The molecule has 1 aliphatic rings. The topological polar surface area (TPSA) is 56.1 Å². The Morgan fingerprint density at radius 2 is 1.89 bits per heavy atom. The first-order valence-electron chi connectivity index (χ1n) is 5.67. The molecule has 0 N–H and O–H groups in total. The number of nitrogens with zero attached hydrogens (tertiary/aromatic N) is 5. The highest BCUT2D eigenvalue weighted by Gasteiger charge is 2.22. The van der Waals surface area contributed by atoms with Crippen LogP contribution in [0.1, 0.15) is 5.69 Å². The number of rotatable bonds is 3. The van der Waals surface area contributed by atoms with Crippen LogP contribution in [0, 0.1) is 11.3 Å². The fourth-order valence-corrected chi connectivity index (χ4v) is 1.98. The average molecular weight is 253 g/mol. The first kappa shape index (κ1) is 12.6. The Balaban J connectivity index is 1.99. The van der Waals surface area contributed by atoms with E-state index < -0.39 is 6.43 Å². The van der Waals surface area contributed by atoms with Gasteiger partial charge in [0.25, 0.3) is 6.43 Å². The van der Waals surface area contributed by atoms with E-state index in [4.69, 9.17) is 5.26 Å². The monoisotopic (exact) mass is 253 g/mol. The predicted molar refractivity (Wildman–Crippen MR) is 61.4 cm³/mol. The van der Waals surface area contributed by atoms with Crippen LogP contribution in [0.5, 0.6) is 0 Å². The summed E-state index contributed by atoms with van der Waals surface area (Å²) in [6.07, 6.45) is 0.694. The Morgan fingerprint density at radius 1 is 1.22 bits per heavy atom. The molecule has 18 heavy (non-hydrogen) atoms. The van der Waals surface area contributed by atoms with E-state index in [1.54, 1.807) is 4.90 Å². The number of hydrogen-bond donors (Lipinski definition) is 0. The number of hydrogen-bond acceptors (Lipinski definition) is 5. The van der Waals surface area contributed by atoms with Crippen LogP contribution in [0.3, 0.4) is 0 Å². The third-order valence-corrected chi connectivity index (χ3v) is 2.85. The van der Waals surface area contributed by atoms with E-state index in [2.05, 4.69) is 9.97 Å². The molecule has 0 spiro atoms. The Bertz CT molecular complexity index is 437. The maximum absolute atomic E-state index is 12.2. The first-order chi connectivity index (χ1) is 8.70. The summed E-state index contributed by atoms with van der Waals surface area (Å²) in [4.78, 5) is 11.7. The number of anilines is 1. The van der Waals surface area contributed by atoms with E-state index in [0.29, 0.717) is 32.0 Å². The summed E-state index contributed by atoms with van der Waals surface area (Å²) in [5, 5.41) is 8.93. The maximum atomic E-state index is 12.2. The minimum Gasteiger partial charge on any atom is -0.352 e. The fourth-order valence-electron chi connectivity index (χ4n) is 1.98. The summed E-state index contributed by atoms with van der Waals surface area (Å²) in [5.41, 5.74) is 0.278. The lowest BCUT2D eigenvalue weighted by Crippen LogP contribution is -2.48. The number of aromatic nitrogens is 2. The molecule has 0 radical (unpaired) electrons. The average Bonchev–Trinajstić information content (AvgIpc) is 2.39. The number of halogens is 2. The van der Waals surface area contributed by atoms with Gasteiger partial charge in [-0.2, -0.15) is 5.26 Å². The van der Waals surface area contributed by atoms with Crippen LogP contribution in [0.25, 0.3) is 0 Å². The summed E-state index contributed by atoms with van der Waals surface area (Å²) in [6.45, 7) is 2.07. The molecular weight excluding hydrogens is 240 g/mol. The zero-order valence-corrected chi connectivity index (χ0v) is 9.76. The van der Waals surface area contributed by atoms with Crippen LogP contribution in [0.15, 0.2) is 12.4 Å². The van der Waals surface area contributed by atoms with E-state index in [0.717, 1.165) is 0 Å². The first-order valence-corrected chi connectivity index (χ1v) is 5.67. The minimum atomic E-state index is -2.30. The second-order valence-electron chi connectivity index (χ2n) is 4.02. The smallest absolute Gasteiger partial charge is 0.251 e. The lowest BCUT2D eigenvalue weighted by atomic mass is 10.3. The van der Waals surface area contributed by atoms with Crippen LogP contribution >= 0.6 is 0 Å². The summed E-state index contributed by atoms with van der Waals surface area (Å²) >= 11 is 0. The molecule has 5 nitrogen and oxygen atoms in total. The van der Waals surface area contributed by atoms with Crippen molar-refractivity contribution in [3.63, 3.8) is 0 Å². The molecule has 0 atom stereocenters. The van der Waals surface area contributed by atoms with E-state index in [1.807, 2.05) is 11.0 Å². The fraction of sp³-hybridized carbons (Fsp3) is 0.545. The normalized spacial score (nSPS) is 16.9. The van der Waals surface area contributed by atoms with Crippen LogP contribution in [0.4, 0.5) is 14.6 Å². The summed E-state index contributed by atoms with van der Waals surface area (Å²) < 4.78 is 24.5. The maximum Gasteiger partial charge on any atom is 0.251 e. The SMILES string of the molecule is N#Cc1nccnc1N1CCN(CC(F)F)CC1. The molecule has 2 rings (SSSR count). The van der Waals surface area contributed by atoms with Gasteiger partial charge in [-0.1, -0.05) is 0 Å². The number of alkyl halides is 2. The lowest BCUT2D eigenvalue weighted by Gasteiger charge is -2.35. The summed E-state index contributed by atoms with van der Waals surface area (Å²) in [7, 11) is 0. The molecule has 1 fully saturated rings. The number of nitriles is 1. The van der Waals surface area contributed by atoms with Gasteiger partial charge in [-0.15, -0.1) is 0 Å². The molecule has 1 aromatic heterocycles. The lowest BCUT2D eigenvalue weighted by molar-refractivity contribution is 0.0853. The molecular formula is C11H13F2N5. The summed E-state index contributed by atoms with van der Waals surface area (Å²) in [5.74, 6) is 0.539. The van der Waals surface area contributed by atoms with Gasteiger partial charge in [0.2, 0.25) is 0 Å². The number of piperazine rings is 1. The highest BCUT2D eigenvalue weighted by Crippen LogP contribution is 2.16. The van der Waals surface area contributed by atoms with Gasteiger partial charge in [-0.25, -0.2) is 18.7 Å². The van der Waals surface area contributed by atoms with E-state index in [1.165, 1.54) is 12.4 Å². The van der Waals surface area contributed by atoms with Crippen LogP contribution in [0.2, 0.25) is 0 Å². The standard InChI is InChI=1S/C11H13F2N5/c12-10(13)8-17-3-5-18(6-4-17)11-9(7-14)15-1-2-16-11/h1-2,10H,3-6,8H2. The van der Waals surface area contributed by atoms with E-state index in [9.17, 15) is 8.78 Å². The highest BCUT2D eigenvalue weighted by atomic mass is 19.3. The van der Waals surface area contributed by atoms with Crippen molar-refractivity contribution < 1.29 is 8.78 Å². The highest BCUT2D eigenvalue weighted by molar-refractivity contribution is 5.49. The van der Waals surface area contributed by atoms with Crippen molar-refractivity contribution in [1.82, 2.24) is 14.9 Å². The molecule has 7 heteroatoms. The summed E-state index contributed by atoms with van der Waals surface area (Å²) in [6, 6.07) is 1.99. The Morgan fingerprint density at radius 3 is 2.50 bits per heavy atom. The van der Waals surface area contributed by atoms with Gasteiger partial charge in [-0.05, 0) is 0 Å². The molecule has 1 saturated heterocycles. The third-order valence-electron chi connectivity index (χ3n) is 2.85. The minimum absolute atomic E-state index is 0.195. The Kier molecular flexibility index (Phi) is 3.99. The van der Waals surface area contributed by atoms with Crippen molar-refractivity contribution in [3.8, 4) is 6.07 Å². The molecule has 2 heterocycles. The molecule has 96 valence electrons. The van der Waals surface area contributed by atoms with Gasteiger partial charge in [-0.3, -0.25) is 4.90 Å². The molecule has 1 aromatic rings. The molecule has 0 aromatic carbocycles. The van der Waals surface area contributed by atoms with Gasteiger partial charge in [0.1, 0.15) is 6.07 Å². The second kappa shape index (κ2) is 5.69. The van der Waals surface area contributed by atoms with E-state index in [-0.39, 0.29) is 12.2 Å². The van der Waals surface area contributed by atoms with Crippen molar-refractivity contribution in [2.45, 2.75) is 6.43 Å². The molecule has 0 saturated carbocycles. The second-order valence-corrected chi connectivity index (χ2v) is 4.02. The Hall–Kier alpha value is -1.81. The third kappa shape index (κ3) is 2.90. The van der Waals surface area contributed by atoms with Crippen molar-refractivity contribution >= 4 is 5.82 Å². The quantitative estimate of drug-likeness (QED) is 0.795. The van der Waals surface area contributed by atoms with Crippen molar-refractivity contribution in [3.05, 3.63) is 18.1 Å². The Labute approximate surface area is 104 Å². The zero-order chi connectivity index (χ0) is 13.0. The molecule has 0 aliphatic carbocycles. The van der Waals surface area contributed by atoms with E-state index >= 15 is 0 Å². The van der Waals surface area contributed by atoms with Gasteiger partial charge in [0.05, 0.1) is 6.54 Å². The van der Waals surface area contributed by atoms with Crippen LogP contribution in [-0.4, -0.2) is 54.0 Å². The van der Waals surface area contributed by atoms with Crippen LogP contribution in [-0.2, 0) is 0 Å². The molecule has 0 bridgehead atoms. The van der Waals surface area contributed by atoms with Crippen molar-refractivity contribution in [1.29, 1.82) is 5.26 Å².